The molecule has 5 aliphatic rings. The van der Waals surface area contributed by atoms with E-state index >= 15 is 0 Å². The second-order valence-corrected chi connectivity index (χ2v) is 31.9. The Kier molecular flexibility index (Phi) is 16.9. The molecule has 0 saturated heterocycles. The van der Waals surface area contributed by atoms with E-state index in [1.807, 2.05) is 17.5 Å². The Balaban J connectivity index is 0.577. The molecule has 0 fully saturated rings. The van der Waals surface area contributed by atoms with Crippen molar-refractivity contribution in [3.05, 3.63) is 383 Å². The molecule has 5 nitrogen and oxygen atoms in total. The van der Waals surface area contributed by atoms with Crippen LogP contribution >= 0.6 is 11.3 Å². The third-order valence-electron chi connectivity index (χ3n) is 23.5. The Labute approximate surface area is 650 Å². The standard InChI is InChI=1S/C105H79N4OS/c1-64(2)66(4)90-56-72(31-36-74-43-48-83(82-17-9-8-15-80(74)82)94-62-107-96-20-12-10-18-84(94)96)60-101-103(90)89-47-34-71(59-100(89)111-101)30-35-75-44-49-88(95-63-108-97-21-13-11-19-85(95)97)102-91(75)54-65(3)55-92(102)79-42-41-76-50-52-106-104(93(76)61-79)77-37-26-67(27-38-77)22-24-69-32-45-86-87-46-33-70(58-99(87)110-98(86)57-69)25-23-68-28-39-78(40-29-68)105-81-16-7-6-14-73(81)51-53-109(105)5/h6-52,55-66,96H,53-54H2,1-5H3/q+1. The minimum absolute atomic E-state index is 0.0988. The number of allylic oxidation sites excluding steroid dienone is 4. The summed E-state index contributed by atoms with van der Waals surface area (Å²) in [5.41, 5.74) is 28.0. The highest BCUT2D eigenvalue weighted by Gasteiger charge is 2.29. The van der Waals surface area contributed by atoms with E-state index in [0.717, 1.165) is 95.3 Å². The minimum atomic E-state index is 0.0988. The molecule has 111 heavy (non-hydrogen) atoms. The summed E-state index contributed by atoms with van der Waals surface area (Å²) in [6.45, 7) is 10.4. The number of thiophene rings is 1. The van der Waals surface area contributed by atoms with Crippen LogP contribution in [0.25, 0.3) is 152 Å². The van der Waals surface area contributed by atoms with Crippen molar-refractivity contribution in [1.29, 1.82) is 0 Å². The number of hydrogen-bond acceptors (Lipinski definition) is 5. The van der Waals surface area contributed by atoms with Gasteiger partial charge >= 0.3 is 11.6 Å². The quantitative estimate of drug-likeness (QED) is 0.0759. The first-order valence-electron chi connectivity index (χ1n) is 38.9. The molecule has 530 valence electrons. The Hall–Kier alpha value is -13.1. The monoisotopic (exact) mass is 1440 g/mol. The highest BCUT2D eigenvalue weighted by atomic mass is 32.1. The van der Waals surface area contributed by atoms with Crippen LogP contribution in [0.1, 0.15) is 117 Å². The average molecular weight is 1440 g/mol. The van der Waals surface area contributed by atoms with Crippen LogP contribution in [0.4, 0.5) is 0 Å². The summed E-state index contributed by atoms with van der Waals surface area (Å²) in [5.74, 6) is 1.12. The van der Waals surface area contributed by atoms with Crippen molar-refractivity contribution in [2.24, 2.45) is 16.8 Å². The number of furan rings is 1. The lowest BCUT2D eigenvalue weighted by Gasteiger charge is -2.27. The van der Waals surface area contributed by atoms with Gasteiger partial charge in [-0.25, -0.2) is 0 Å². The summed E-state index contributed by atoms with van der Waals surface area (Å²) >= 11 is 1.91. The lowest BCUT2D eigenvalue weighted by molar-refractivity contribution is 0.538. The van der Waals surface area contributed by atoms with Crippen molar-refractivity contribution < 1.29 is 4.42 Å². The highest BCUT2D eigenvalue weighted by Crippen LogP contribution is 2.45. The molecule has 0 bridgehead atoms. The zero-order valence-corrected chi connectivity index (χ0v) is 63.5. The maximum Gasteiger partial charge on any atom is 0.335 e. The normalized spacial score (nSPS) is 16.2. The maximum absolute atomic E-state index is 6.56. The number of aromatic nitrogens is 1. The number of nitrogens with zero attached hydrogens (tertiary/aromatic N) is 4. The number of fused-ring (bicyclic) bond motifs is 12. The smallest absolute Gasteiger partial charge is 0.335 e. The minimum Gasteiger partial charge on any atom is -0.456 e. The number of benzene rings is 12. The molecular formula is C105H79N4OS+. The van der Waals surface area contributed by atoms with Crippen LogP contribution < -0.4 is 25.7 Å². The molecular weight excluding hydrogens is 1370 g/mol. The number of rotatable bonds is 15. The molecule has 6 heterocycles. The lowest BCUT2D eigenvalue weighted by atomic mass is 9.76. The molecule has 0 saturated carbocycles. The van der Waals surface area contributed by atoms with Gasteiger partial charge in [-0.1, -0.05) is 293 Å². The van der Waals surface area contributed by atoms with Crippen molar-refractivity contribution in [3.63, 3.8) is 0 Å². The number of hydrogen-bond donors (Lipinski definition) is 0. The van der Waals surface area contributed by atoms with Crippen molar-refractivity contribution in [2.75, 3.05) is 13.6 Å². The molecule has 12 aromatic carbocycles. The van der Waals surface area contributed by atoms with Gasteiger partial charge in [-0.05, 0) is 195 Å². The van der Waals surface area contributed by atoms with Gasteiger partial charge < -0.3 is 9.32 Å². The first-order chi connectivity index (χ1) is 54.5. The van der Waals surface area contributed by atoms with Crippen LogP contribution in [0.5, 0.6) is 0 Å². The molecule has 3 aliphatic heterocycles. The Bertz CT molecular complexity index is 7070. The number of para-hydroxylation sites is 1. The molecule has 3 unspecified atom stereocenters. The van der Waals surface area contributed by atoms with Crippen LogP contribution in [-0.4, -0.2) is 41.9 Å². The van der Waals surface area contributed by atoms with Gasteiger partial charge in [0.05, 0.1) is 28.2 Å². The molecule has 0 amide bonds. The summed E-state index contributed by atoms with van der Waals surface area (Å²) in [7, 11) is 2.17. The summed E-state index contributed by atoms with van der Waals surface area (Å²) in [6.07, 6.45) is 38.4. The molecule has 0 N–H and O–H groups in total. The van der Waals surface area contributed by atoms with Crippen molar-refractivity contribution in [1.82, 2.24) is 14.6 Å². The molecule has 15 aromatic rings. The third kappa shape index (κ3) is 12.3. The fourth-order valence-corrected chi connectivity index (χ4v) is 18.6. The van der Waals surface area contributed by atoms with Crippen LogP contribution in [0.2, 0.25) is 0 Å². The second kappa shape index (κ2) is 27.9. The molecule has 3 atom stereocenters. The zero-order valence-electron chi connectivity index (χ0n) is 62.7. The Morgan fingerprint density at radius 1 is 0.532 bits per heavy atom. The summed E-state index contributed by atoms with van der Waals surface area (Å²) in [5, 5.41) is 14.4. The fourth-order valence-electron chi connectivity index (χ4n) is 17.4. The van der Waals surface area contributed by atoms with Gasteiger partial charge in [-0.3, -0.25) is 9.98 Å². The largest absolute Gasteiger partial charge is 0.456 e. The lowest BCUT2D eigenvalue weighted by Crippen LogP contribution is -2.38. The van der Waals surface area contributed by atoms with E-state index in [9.17, 15) is 0 Å². The van der Waals surface area contributed by atoms with Crippen LogP contribution in [0, 0.1) is 11.8 Å². The summed E-state index contributed by atoms with van der Waals surface area (Å²) in [4.78, 5) is 12.3. The first kappa shape index (κ1) is 67.3. The molecule has 0 spiro atoms. The maximum atomic E-state index is 6.56. The number of pyridine rings is 1. The van der Waals surface area contributed by atoms with E-state index in [0.29, 0.717) is 11.8 Å². The highest BCUT2D eigenvalue weighted by molar-refractivity contribution is 7.25. The predicted molar refractivity (Wildman–Crippen MR) is 474 cm³/mol. The molecule has 20 rings (SSSR count). The van der Waals surface area contributed by atoms with Gasteiger partial charge in [0.15, 0.2) is 0 Å². The van der Waals surface area contributed by atoms with Gasteiger partial charge in [0, 0.05) is 84.8 Å². The van der Waals surface area contributed by atoms with E-state index in [1.54, 1.807) is 0 Å². The van der Waals surface area contributed by atoms with Crippen LogP contribution in [0.3, 0.4) is 0 Å². The fraction of sp³-hybridized carbons (Fsp3) is 0.105. The number of aliphatic imine (C=N–C) groups is 1. The molecule has 0 radical (unpaired) electrons. The van der Waals surface area contributed by atoms with Gasteiger partial charge in [0.25, 0.3) is 0 Å². The van der Waals surface area contributed by atoms with Crippen molar-refractivity contribution in [2.45, 2.75) is 46.1 Å². The van der Waals surface area contributed by atoms with Gasteiger partial charge in [-0.15, -0.1) is 11.3 Å². The average Bonchev–Trinajstić information content (AvgIpc) is 1.70. The first-order valence-corrected chi connectivity index (χ1v) is 39.7. The van der Waals surface area contributed by atoms with Gasteiger partial charge in [-0.2, -0.15) is 0 Å². The van der Waals surface area contributed by atoms with Crippen LogP contribution in [-0.2, 0) is 6.42 Å². The molecule has 6 heteroatoms. The molecule has 3 aromatic heterocycles. The molecule has 2 aliphatic carbocycles. The van der Waals surface area contributed by atoms with E-state index < -0.39 is 0 Å². The third-order valence-corrected chi connectivity index (χ3v) is 24.6. The Morgan fingerprint density at radius 2 is 1.18 bits per heavy atom. The second-order valence-electron chi connectivity index (χ2n) is 30.8. The SMILES string of the molecule is CC1C=C(c2ccc3ccnc(-c4ccc(C=Cc5ccc6c(c5)oc5cc(C=Cc7ccc(C8=c9ccccc9=CCN8C)cc7)ccc56)cc4)c3c2)c2c(C3=c4ccccc4=[N+]=C3)ccc(C=Cc3ccc4c(c3)sc3cc(C=Cc5ccc(C6=C7C=CC=CC7N=C6)c6ccccc56)cc(C(C)C(C)C)c34)c2C1. The van der Waals surface area contributed by atoms with Gasteiger partial charge in [0.2, 0.25) is 0 Å². The Morgan fingerprint density at radius 3 is 1.97 bits per heavy atom. The predicted octanol–water partition coefficient (Wildman–Crippen LogP) is 22.6. The van der Waals surface area contributed by atoms with Crippen LogP contribution in [0.15, 0.2) is 288 Å². The zero-order chi connectivity index (χ0) is 74.4. The van der Waals surface area contributed by atoms with E-state index in [-0.39, 0.29) is 12.0 Å². The van der Waals surface area contributed by atoms with E-state index in [1.165, 1.54) is 125 Å². The summed E-state index contributed by atoms with van der Waals surface area (Å²) < 4.78 is 14.2. The topological polar surface area (TPSA) is 55.7 Å². The van der Waals surface area contributed by atoms with E-state index in [4.69, 9.17) is 19.1 Å². The van der Waals surface area contributed by atoms with Gasteiger partial charge in [0.1, 0.15) is 11.2 Å². The summed E-state index contributed by atoms with van der Waals surface area (Å²) in [6, 6.07) is 87.1. The van der Waals surface area contributed by atoms with E-state index in [2.05, 4.69) is 374 Å². The van der Waals surface area contributed by atoms with Crippen molar-refractivity contribution in [3.8, 4) is 11.3 Å². The van der Waals surface area contributed by atoms with Crippen molar-refractivity contribution >= 4 is 165 Å².